The van der Waals surface area contributed by atoms with Gasteiger partial charge in [-0.25, -0.2) is 13.1 Å². The Hall–Kier alpha value is -0.890. The number of sulfonamides is 1. The molecule has 0 aliphatic carbocycles. The molecule has 7 heteroatoms. The van der Waals surface area contributed by atoms with Gasteiger partial charge in [-0.15, -0.1) is 0 Å². The molecule has 1 aliphatic rings. The van der Waals surface area contributed by atoms with Crippen molar-refractivity contribution in [3.63, 3.8) is 0 Å². The SMILES string of the molecule is CCNCc1ccc(S(=O)(=O)NCC2CCCN2C)o1. The molecule has 1 fully saturated rings. The second-order valence-electron chi connectivity index (χ2n) is 5.13. The molecule has 2 heterocycles. The predicted octanol–water partition coefficient (Wildman–Crippen LogP) is 0.762. The van der Waals surface area contributed by atoms with Crippen LogP contribution in [-0.2, 0) is 16.6 Å². The summed E-state index contributed by atoms with van der Waals surface area (Å²) in [6, 6.07) is 3.48. The normalized spacial score (nSPS) is 20.6. The minimum atomic E-state index is -3.55. The standard InChI is InChI=1S/C13H23N3O3S/c1-3-14-10-12-6-7-13(19-12)20(17,18)15-9-11-5-4-8-16(11)2/h6-7,11,14-15H,3-5,8-10H2,1-2H3. The highest BCUT2D eigenvalue weighted by Gasteiger charge is 2.25. The van der Waals surface area contributed by atoms with Crippen LogP contribution in [0.2, 0.25) is 0 Å². The average molecular weight is 301 g/mol. The van der Waals surface area contributed by atoms with Gasteiger partial charge in [0.25, 0.3) is 10.0 Å². The molecular formula is C13H23N3O3S. The van der Waals surface area contributed by atoms with E-state index in [1.165, 1.54) is 6.07 Å². The highest BCUT2D eigenvalue weighted by molar-refractivity contribution is 7.89. The summed E-state index contributed by atoms with van der Waals surface area (Å²) in [5.74, 6) is 0.630. The highest BCUT2D eigenvalue weighted by atomic mass is 32.2. The van der Waals surface area contributed by atoms with E-state index in [0.717, 1.165) is 25.9 Å². The molecule has 0 aromatic carbocycles. The van der Waals surface area contributed by atoms with Crippen molar-refractivity contribution in [1.82, 2.24) is 14.9 Å². The summed E-state index contributed by atoms with van der Waals surface area (Å²) in [6.07, 6.45) is 2.15. The molecule has 0 bridgehead atoms. The Bertz CT molecular complexity index is 527. The number of nitrogens with zero attached hydrogens (tertiary/aromatic N) is 1. The van der Waals surface area contributed by atoms with Crippen molar-refractivity contribution in [2.75, 3.05) is 26.7 Å². The molecule has 0 amide bonds. The smallest absolute Gasteiger partial charge is 0.274 e. The Morgan fingerprint density at radius 1 is 1.45 bits per heavy atom. The zero-order valence-electron chi connectivity index (χ0n) is 12.1. The molecule has 1 unspecified atom stereocenters. The Kier molecular flexibility index (Phi) is 5.20. The molecule has 20 heavy (non-hydrogen) atoms. The molecule has 2 N–H and O–H groups in total. The zero-order valence-corrected chi connectivity index (χ0v) is 12.9. The number of hydrogen-bond donors (Lipinski definition) is 2. The van der Waals surface area contributed by atoms with Crippen LogP contribution in [0.1, 0.15) is 25.5 Å². The third-order valence-electron chi connectivity index (χ3n) is 3.63. The van der Waals surface area contributed by atoms with Crippen LogP contribution in [0.15, 0.2) is 21.6 Å². The van der Waals surface area contributed by atoms with Crippen LogP contribution in [0.25, 0.3) is 0 Å². The molecule has 1 aromatic rings. The fraction of sp³-hybridized carbons (Fsp3) is 0.692. The number of furan rings is 1. The van der Waals surface area contributed by atoms with E-state index in [4.69, 9.17) is 4.42 Å². The third-order valence-corrected chi connectivity index (χ3v) is 4.93. The lowest BCUT2D eigenvalue weighted by atomic mass is 10.2. The second-order valence-corrected chi connectivity index (χ2v) is 6.83. The first kappa shape index (κ1) is 15.5. The van der Waals surface area contributed by atoms with Gasteiger partial charge in [0.1, 0.15) is 5.76 Å². The van der Waals surface area contributed by atoms with Gasteiger partial charge in [0.15, 0.2) is 0 Å². The maximum atomic E-state index is 12.1. The van der Waals surface area contributed by atoms with E-state index in [0.29, 0.717) is 18.8 Å². The van der Waals surface area contributed by atoms with Crippen LogP contribution in [-0.4, -0.2) is 46.0 Å². The first-order valence-electron chi connectivity index (χ1n) is 7.02. The summed E-state index contributed by atoms with van der Waals surface area (Å²) in [5.41, 5.74) is 0. The molecule has 2 rings (SSSR count). The van der Waals surface area contributed by atoms with Crippen molar-refractivity contribution in [2.24, 2.45) is 0 Å². The molecular weight excluding hydrogens is 278 g/mol. The Labute approximate surface area is 120 Å². The van der Waals surface area contributed by atoms with E-state index in [-0.39, 0.29) is 11.1 Å². The van der Waals surface area contributed by atoms with E-state index < -0.39 is 10.0 Å². The monoisotopic (exact) mass is 301 g/mol. The van der Waals surface area contributed by atoms with Crippen LogP contribution in [0.5, 0.6) is 0 Å². The van der Waals surface area contributed by atoms with Gasteiger partial charge in [-0.2, -0.15) is 0 Å². The van der Waals surface area contributed by atoms with E-state index in [2.05, 4.69) is 14.9 Å². The fourth-order valence-corrected chi connectivity index (χ4v) is 3.38. The summed E-state index contributed by atoms with van der Waals surface area (Å²) in [4.78, 5) is 2.18. The van der Waals surface area contributed by atoms with Crippen molar-refractivity contribution in [1.29, 1.82) is 0 Å². The fourth-order valence-electron chi connectivity index (χ4n) is 2.36. The lowest BCUT2D eigenvalue weighted by Gasteiger charge is -2.19. The summed E-state index contributed by atoms with van der Waals surface area (Å²) in [6.45, 7) is 4.80. The van der Waals surface area contributed by atoms with Crippen molar-refractivity contribution in [3.05, 3.63) is 17.9 Å². The number of hydrogen-bond acceptors (Lipinski definition) is 5. The summed E-state index contributed by atoms with van der Waals surface area (Å²) in [5, 5.41) is 3.09. The minimum Gasteiger partial charge on any atom is -0.447 e. The number of likely N-dealkylation sites (tertiary alicyclic amines) is 1. The van der Waals surface area contributed by atoms with Gasteiger partial charge < -0.3 is 14.6 Å². The summed E-state index contributed by atoms with van der Waals surface area (Å²) >= 11 is 0. The molecule has 114 valence electrons. The van der Waals surface area contributed by atoms with Gasteiger partial charge in [-0.3, -0.25) is 0 Å². The second kappa shape index (κ2) is 6.71. The van der Waals surface area contributed by atoms with Crippen LogP contribution < -0.4 is 10.0 Å². The van der Waals surface area contributed by atoms with Crippen LogP contribution >= 0.6 is 0 Å². The number of likely N-dealkylation sites (N-methyl/N-ethyl adjacent to an activating group) is 1. The van der Waals surface area contributed by atoms with Gasteiger partial charge in [0.2, 0.25) is 5.09 Å². The molecule has 0 saturated carbocycles. The van der Waals surface area contributed by atoms with Gasteiger partial charge in [0.05, 0.1) is 6.54 Å². The summed E-state index contributed by atoms with van der Waals surface area (Å²) < 4.78 is 32.3. The lowest BCUT2D eigenvalue weighted by molar-refractivity contribution is 0.309. The molecule has 1 atom stereocenters. The van der Waals surface area contributed by atoms with Gasteiger partial charge >= 0.3 is 0 Å². The van der Waals surface area contributed by atoms with Crippen LogP contribution in [0, 0.1) is 0 Å². The number of nitrogens with one attached hydrogen (secondary N) is 2. The number of rotatable bonds is 7. The predicted molar refractivity (Wildman–Crippen MR) is 76.9 cm³/mol. The summed E-state index contributed by atoms with van der Waals surface area (Å²) in [7, 11) is -1.53. The lowest BCUT2D eigenvalue weighted by Crippen LogP contribution is -2.38. The van der Waals surface area contributed by atoms with Crippen molar-refractivity contribution < 1.29 is 12.8 Å². The highest BCUT2D eigenvalue weighted by Crippen LogP contribution is 2.16. The molecule has 1 aliphatic heterocycles. The molecule has 6 nitrogen and oxygen atoms in total. The van der Waals surface area contributed by atoms with Crippen LogP contribution in [0.4, 0.5) is 0 Å². The first-order chi connectivity index (χ1) is 9.53. The quantitative estimate of drug-likeness (QED) is 0.778. The van der Waals surface area contributed by atoms with E-state index >= 15 is 0 Å². The first-order valence-corrected chi connectivity index (χ1v) is 8.50. The minimum absolute atomic E-state index is 0.00828. The van der Waals surface area contributed by atoms with Gasteiger partial charge in [-0.05, 0) is 45.1 Å². The topological polar surface area (TPSA) is 74.6 Å². The third kappa shape index (κ3) is 3.82. The van der Waals surface area contributed by atoms with E-state index in [1.807, 2.05) is 14.0 Å². The van der Waals surface area contributed by atoms with Crippen LogP contribution in [0.3, 0.4) is 0 Å². The Morgan fingerprint density at radius 3 is 2.90 bits per heavy atom. The van der Waals surface area contributed by atoms with Crippen molar-refractivity contribution >= 4 is 10.0 Å². The van der Waals surface area contributed by atoms with E-state index in [1.54, 1.807) is 6.07 Å². The van der Waals surface area contributed by atoms with Crippen molar-refractivity contribution in [2.45, 2.75) is 37.4 Å². The Balaban J connectivity index is 1.93. The average Bonchev–Trinajstić information content (AvgIpc) is 3.03. The maximum absolute atomic E-state index is 12.1. The molecule has 1 saturated heterocycles. The largest absolute Gasteiger partial charge is 0.447 e. The van der Waals surface area contributed by atoms with Gasteiger partial charge in [0, 0.05) is 12.6 Å². The van der Waals surface area contributed by atoms with Crippen molar-refractivity contribution in [3.8, 4) is 0 Å². The molecule has 1 aromatic heterocycles. The molecule has 0 spiro atoms. The van der Waals surface area contributed by atoms with E-state index in [9.17, 15) is 8.42 Å². The van der Waals surface area contributed by atoms with Gasteiger partial charge in [-0.1, -0.05) is 6.92 Å². The maximum Gasteiger partial charge on any atom is 0.274 e. The Morgan fingerprint density at radius 2 is 2.25 bits per heavy atom. The molecule has 0 radical (unpaired) electrons. The zero-order chi connectivity index (χ0) is 14.6.